The van der Waals surface area contributed by atoms with Crippen molar-refractivity contribution >= 4 is 23.1 Å². The number of ether oxygens (including phenoxy) is 1. The minimum absolute atomic E-state index is 0.0603. The maximum atomic E-state index is 11.5. The first-order valence-electron chi connectivity index (χ1n) is 6.12. The molecular formula is C14H11ClN2O4. The SMILES string of the molecule is CCC(=O)c1ccc(Oc2ccc([N+](=O)[O-])cc2Cl)cn1. The summed E-state index contributed by atoms with van der Waals surface area (Å²) in [5.74, 6) is 0.604. The van der Waals surface area contributed by atoms with Crippen molar-refractivity contribution in [3.05, 3.63) is 57.4 Å². The molecule has 0 unspecified atom stereocenters. The summed E-state index contributed by atoms with van der Waals surface area (Å²) < 4.78 is 5.48. The highest BCUT2D eigenvalue weighted by Crippen LogP contribution is 2.32. The van der Waals surface area contributed by atoms with Crippen LogP contribution in [0.1, 0.15) is 23.8 Å². The van der Waals surface area contributed by atoms with Crippen LogP contribution in [0.2, 0.25) is 5.02 Å². The van der Waals surface area contributed by atoms with Gasteiger partial charge in [-0.1, -0.05) is 18.5 Å². The second-order valence-corrected chi connectivity index (χ2v) is 4.54. The van der Waals surface area contributed by atoms with Gasteiger partial charge in [-0.05, 0) is 18.2 Å². The molecule has 2 aromatic rings. The Balaban J connectivity index is 2.18. The number of hydrogen-bond donors (Lipinski definition) is 0. The van der Waals surface area contributed by atoms with E-state index in [2.05, 4.69) is 4.98 Å². The van der Waals surface area contributed by atoms with E-state index >= 15 is 0 Å². The fourth-order valence-corrected chi connectivity index (χ4v) is 1.81. The van der Waals surface area contributed by atoms with Gasteiger partial charge in [0.2, 0.25) is 0 Å². The minimum atomic E-state index is -0.539. The molecule has 1 aromatic heterocycles. The van der Waals surface area contributed by atoms with Crippen molar-refractivity contribution in [2.45, 2.75) is 13.3 Å². The molecule has 0 fully saturated rings. The number of hydrogen-bond acceptors (Lipinski definition) is 5. The molecule has 1 heterocycles. The largest absolute Gasteiger partial charge is 0.454 e. The van der Waals surface area contributed by atoms with Gasteiger partial charge in [0.25, 0.3) is 5.69 Å². The van der Waals surface area contributed by atoms with Crippen molar-refractivity contribution in [3.63, 3.8) is 0 Å². The fourth-order valence-electron chi connectivity index (χ4n) is 1.60. The highest BCUT2D eigenvalue weighted by molar-refractivity contribution is 6.32. The maximum absolute atomic E-state index is 11.5. The Kier molecular flexibility index (Phi) is 4.49. The number of benzene rings is 1. The molecule has 108 valence electrons. The first-order valence-corrected chi connectivity index (χ1v) is 6.50. The van der Waals surface area contributed by atoms with E-state index in [1.54, 1.807) is 19.1 Å². The van der Waals surface area contributed by atoms with Crippen LogP contribution in [0, 0.1) is 10.1 Å². The molecule has 0 radical (unpaired) electrons. The molecule has 0 N–H and O–H groups in total. The molecule has 2 rings (SSSR count). The van der Waals surface area contributed by atoms with Crippen molar-refractivity contribution in [1.29, 1.82) is 0 Å². The van der Waals surface area contributed by atoms with Gasteiger partial charge in [-0.2, -0.15) is 0 Å². The predicted octanol–water partition coefficient (Wildman–Crippen LogP) is 4.03. The molecular weight excluding hydrogens is 296 g/mol. The van der Waals surface area contributed by atoms with Gasteiger partial charge >= 0.3 is 0 Å². The summed E-state index contributed by atoms with van der Waals surface area (Å²) >= 11 is 5.92. The van der Waals surface area contributed by atoms with E-state index < -0.39 is 4.92 Å². The van der Waals surface area contributed by atoms with E-state index in [-0.39, 0.29) is 22.2 Å². The van der Waals surface area contributed by atoms with Crippen LogP contribution in [-0.4, -0.2) is 15.7 Å². The lowest BCUT2D eigenvalue weighted by Crippen LogP contribution is -1.99. The third kappa shape index (κ3) is 3.55. The second kappa shape index (κ2) is 6.32. The summed E-state index contributed by atoms with van der Waals surface area (Å²) in [6.45, 7) is 1.76. The molecule has 7 heteroatoms. The van der Waals surface area contributed by atoms with Gasteiger partial charge in [-0.15, -0.1) is 0 Å². The number of non-ortho nitro benzene ring substituents is 1. The van der Waals surface area contributed by atoms with Crippen molar-refractivity contribution < 1.29 is 14.5 Å². The average Bonchev–Trinajstić information content (AvgIpc) is 2.49. The summed E-state index contributed by atoms with van der Waals surface area (Å²) in [7, 11) is 0. The summed E-state index contributed by atoms with van der Waals surface area (Å²) in [4.78, 5) is 25.5. The fraction of sp³-hybridized carbons (Fsp3) is 0.143. The Hall–Kier alpha value is -2.47. The predicted molar refractivity (Wildman–Crippen MR) is 77.0 cm³/mol. The first kappa shape index (κ1) is 14.9. The Bertz CT molecular complexity index is 686. The zero-order valence-corrected chi connectivity index (χ0v) is 11.8. The van der Waals surface area contributed by atoms with E-state index in [4.69, 9.17) is 16.3 Å². The normalized spacial score (nSPS) is 10.2. The van der Waals surface area contributed by atoms with Crippen LogP contribution < -0.4 is 4.74 Å². The number of carbonyl (C=O) groups is 1. The van der Waals surface area contributed by atoms with Crippen molar-refractivity contribution in [2.75, 3.05) is 0 Å². The average molecular weight is 307 g/mol. The third-order valence-corrected chi connectivity index (χ3v) is 2.99. The lowest BCUT2D eigenvalue weighted by Gasteiger charge is -2.07. The topological polar surface area (TPSA) is 82.3 Å². The third-order valence-electron chi connectivity index (χ3n) is 2.70. The van der Waals surface area contributed by atoms with Crippen LogP contribution in [-0.2, 0) is 0 Å². The standard InChI is InChI=1S/C14H11ClN2O4/c1-2-13(18)12-5-4-10(8-16-12)21-14-6-3-9(17(19)20)7-11(14)15/h3-8H,2H2,1H3. The van der Waals surface area contributed by atoms with Gasteiger partial charge in [0.15, 0.2) is 5.78 Å². The molecule has 21 heavy (non-hydrogen) atoms. The van der Waals surface area contributed by atoms with E-state index in [1.807, 2.05) is 0 Å². The summed E-state index contributed by atoms with van der Waals surface area (Å²) in [6, 6.07) is 7.06. The molecule has 0 aliphatic rings. The van der Waals surface area contributed by atoms with E-state index in [0.29, 0.717) is 17.9 Å². The second-order valence-electron chi connectivity index (χ2n) is 4.13. The molecule has 0 amide bonds. The minimum Gasteiger partial charge on any atom is -0.454 e. The number of halogens is 1. The summed E-state index contributed by atoms with van der Waals surface area (Å²) in [6.07, 6.45) is 1.78. The zero-order valence-electron chi connectivity index (χ0n) is 11.1. The number of rotatable bonds is 5. The van der Waals surface area contributed by atoms with Crippen molar-refractivity contribution in [2.24, 2.45) is 0 Å². The summed E-state index contributed by atoms with van der Waals surface area (Å²) in [5, 5.41) is 10.7. The van der Waals surface area contributed by atoms with Crippen LogP contribution >= 0.6 is 11.6 Å². The van der Waals surface area contributed by atoms with Crippen LogP contribution in [0.5, 0.6) is 11.5 Å². The van der Waals surface area contributed by atoms with Gasteiger partial charge in [-0.25, -0.2) is 4.98 Å². The Morgan fingerprint density at radius 2 is 2.14 bits per heavy atom. The molecule has 0 atom stereocenters. The molecule has 6 nitrogen and oxygen atoms in total. The number of Topliss-reactive ketones (excluding diaryl/α,β-unsaturated/α-hetero) is 1. The van der Waals surface area contributed by atoms with Gasteiger partial charge in [-0.3, -0.25) is 14.9 Å². The van der Waals surface area contributed by atoms with Crippen molar-refractivity contribution in [3.8, 4) is 11.5 Å². The van der Waals surface area contributed by atoms with E-state index in [1.165, 1.54) is 24.4 Å². The molecule has 0 aliphatic heterocycles. The lowest BCUT2D eigenvalue weighted by molar-refractivity contribution is -0.384. The highest BCUT2D eigenvalue weighted by atomic mass is 35.5. The van der Waals surface area contributed by atoms with E-state index in [9.17, 15) is 14.9 Å². The van der Waals surface area contributed by atoms with Gasteiger partial charge in [0, 0.05) is 18.6 Å². The van der Waals surface area contributed by atoms with Gasteiger partial charge in [0.1, 0.15) is 17.2 Å². The molecule has 0 bridgehead atoms. The Morgan fingerprint density at radius 1 is 1.38 bits per heavy atom. The van der Waals surface area contributed by atoms with Crippen LogP contribution in [0.25, 0.3) is 0 Å². The number of ketones is 1. The van der Waals surface area contributed by atoms with Gasteiger partial charge < -0.3 is 4.74 Å². The van der Waals surface area contributed by atoms with Crippen LogP contribution in [0.4, 0.5) is 5.69 Å². The molecule has 0 spiro atoms. The number of nitro groups is 1. The monoisotopic (exact) mass is 306 g/mol. The number of pyridine rings is 1. The zero-order chi connectivity index (χ0) is 15.4. The number of aromatic nitrogens is 1. The first-order chi connectivity index (χ1) is 10.0. The van der Waals surface area contributed by atoms with Gasteiger partial charge in [0.05, 0.1) is 16.1 Å². The molecule has 1 aromatic carbocycles. The van der Waals surface area contributed by atoms with Crippen molar-refractivity contribution in [1.82, 2.24) is 4.98 Å². The summed E-state index contributed by atoms with van der Waals surface area (Å²) in [5.41, 5.74) is 0.244. The number of nitrogens with zero attached hydrogens (tertiary/aromatic N) is 2. The maximum Gasteiger partial charge on any atom is 0.271 e. The molecule has 0 aliphatic carbocycles. The molecule has 0 saturated heterocycles. The smallest absolute Gasteiger partial charge is 0.271 e. The number of nitro benzene ring substituents is 1. The van der Waals surface area contributed by atoms with E-state index in [0.717, 1.165) is 0 Å². The lowest BCUT2D eigenvalue weighted by atomic mass is 10.2. The highest BCUT2D eigenvalue weighted by Gasteiger charge is 2.11. The quantitative estimate of drug-likeness (QED) is 0.473. The Labute approximate surface area is 125 Å². The Morgan fingerprint density at radius 3 is 2.67 bits per heavy atom. The molecule has 0 saturated carbocycles. The van der Waals surface area contributed by atoms with Crippen LogP contribution in [0.3, 0.4) is 0 Å². The number of carbonyl (C=O) groups excluding carboxylic acids is 1. The van der Waals surface area contributed by atoms with Crippen LogP contribution in [0.15, 0.2) is 36.5 Å².